The molecule has 0 aliphatic carbocycles. The van der Waals surface area contributed by atoms with E-state index in [9.17, 15) is 9.59 Å². The van der Waals surface area contributed by atoms with Crippen LogP contribution in [0.5, 0.6) is 0 Å². The first-order valence-corrected chi connectivity index (χ1v) is 10.1. The lowest BCUT2D eigenvalue weighted by molar-refractivity contribution is -0.119. The second kappa shape index (κ2) is 13.4. The second-order valence-corrected chi connectivity index (χ2v) is 7.54. The van der Waals surface area contributed by atoms with Gasteiger partial charge in [-0.2, -0.15) is 0 Å². The summed E-state index contributed by atoms with van der Waals surface area (Å²) in [4.78, 5) is 27.8. The van der Waals surface area contributed by atoms with Crippen LogP contribution in [0.4, 0.5) is 10.5 Å². The van der Waals surface area contributed by atoms with Crippen molar-refractivity contribution in [3.63, 3.8) is 0 Å². The summed E-state index contributed by atoms with van der Waals surface area (Å²) in [5.41, 5.74) is 1.24. The molecule has 9 heteroatoms. The molecule has 0 unspecified atom stereocenters. The number of amides is 2. The smallest absolute Gasteiger partial charge is 0.412 e. The van der Waals surface area contributed by atoms with Gasteiger partial charge in [-0.3, -0.25) is 10.1 Å². The van der Waals surface area contributed by atoms with Crippen molar-refractivity contribution in [3.05, 3.63) is 29.8 Å². The number of nitrogens with zero attached hydrogens (tertiary/aromatic N) is 1. The van der Waals surface area contributed by atoms with Gasteiger partial charge in [-0.15, -0.1) is 0 Å². The zero-order valence-electron chi connectivity index (χ0n) is 18.6. The highest BCUT2D eigenvalue weighted by molar-refractivity contribution is 5.85. The van der Waals surface area contributed by atoms with E-state index in [2.05, 4.69) is 26.3 Å². The number of nitrogens with one attached hydrogen (secondary N) is 4. The van der Waals surface area contributed by atoms with Gasteiger partial charge in [0.25, 0.3) is 0 Å². The number of rotatable bonds is 10. The van der Waals surface area contributed by atoms with Gasteiger partial charge in [0.05, 0.1) is 6.61 Å². The minimum Gasteiger partial charge on any atom is -0.444 e. The number of benzene rings is 1. The Labute approximate surface area is 179 Å². The summed E-state index contributed by atoms with van der Waals surface area (Å²) < 4.78 is 10.1. The lowest BCUT2D eigenvalue weighted by atomic mass is 10.1. The van der Waals surface area contributed by atoms with Crippen molar-refractivity contribution in [1.29, 1.82) is 0 Å². The van der Waals surface area contributed by atoms with Gasteiger partial charge < -0.3 is 25.4 Å². The van der Waals surface area contributed by atoms with E-state index in [-0.39, 0.29) is 12.5 Å². The zero-order chi connectivity index (χ0) is 22.4. The van der Waals surface area contributed by atoms with E-state index in [1.54, 1.807) is 7.11 Å². The minimum absolute atomic E-state index is 0.0457. The number of hydrogen-bond acceptors (Lipinski definition) is 5. The van der Waals surface area contributed by atoms with Crippen molar-refractivity contribution < 1.29 is 19.1 Å². The summed E-state index contributed by atoms with van der Waals surface area (Å²) in [5, 5.41) is 11.8. The quantitative estimate of drug-likeness (QED) is 0.261. The average Bonchev–Trinajstić information content (AvgIpc) is 2.66. The molecule has 0 saturated carbocycles. The van der Waals surface area contributed by atoms with Crippen LogP contribution >= 0.6 is 0 Å². The van der Waals surface area contributed by atoms with Gasteiger partial charge in [0, 0.05) is 32.4 Å². The van der Waals surface area contributed by atoms with Crippen LogP contribution in [-0.4, -0.2) is 63.5 Å². The van der Waals surface area contributed by atoms with Gasteiger partial charge in [-0.25, -0.2) is 9.79 Å². The molecule has 0 atom stereocenters. The molecule has 168 valence electrons. The summed E-state index contributed by atoms with van der Waals surface area (Å²) in [6.07, 6.45) is 0.284. The van der Waals surface area contributed by atoms with Crippen LogP contribution < -0.4 is 21.3 Å². The second-order valence-electron chi connectivity index (χ2n) is 7.54. The first-order chi connectivity index (χ1) is 14.2. The van der Waals surface area contributed by atoms with Crippen LogP contribution in [-0.2, 0) is 20.7 Å². The van der Waals surface area contributed by atoms with Crippen LogP contribution in [0.3, 0.4) is 0 Å². The standard InChI is InChI=1S/C21H35N5O4/c1-6-22-19(25-15-18(27)23-13-14-29-5)24-12-11-16-7-9-17(10-8-16)26-20(28)30-21(2,3)4/h7-10H,6,11-15H2,1-5H3,(H,23,27)(H,26,28)(H2,22,24,25). The Morgan fingerprint density at radius 2 is 1.73 bits per heavy atom. The Morgan fingerprint density at radius 1 is 1.03 bits per heavy atom. The average molecular weight is 422 g/mol. The Bertz CT molecular complexity index is 684. The minimum atomic E-state index is -0.536. The predicted molar refractivity (Wildman–Crippen MR) is 119 cm³/mol. The van der Waals surface area contributed by atoms with Crippen molar-refractivity contribution in [2.45, 2.75) is 39.7 Å². The number of carbonyl (C=O) groups is 2. The maximum absolute atomic E-state index is 11.8. The molecule has 4 N–H and O–H groups in total. The maximum Gasteiger partial charge on any atom is 0.412 e. The molecule has 0 radical (unpaired) electrons. The van der Waals surface area contributed by atoms with Crippen molar-refractivity contribution in [2.75, 3.05) is 45.2 Å². The summed E-state index contributed by atoms with van der Waals surface area (Å²) in [7, 11) is 1.59. The lowest BCUT2D eigenvalue weighted by Gasteiger charge is -2.19. The van der Waals surface area contributed by atoms with Crippen molar-refractivity contribution >= 4 is 23.6 Å². The fourth-order valence-corrected chi connectivity index (χ4v) is 2.34. The van der Waals surface area contributed by atoms with E-state index in [0.29, 0.717) is 37.9 Å². The molecule has 0 saturated heterocycles. The molecule has 0 aromatic heterocycles. The van der Waals surface area contributed by atoms with E-state index in [1.165, 1.54) is 0 Å². The summed E-state index contributed by atoms with van der Waals surface area (Å²) in [6.45, 7) is 9.76. The zero-order valence-corrected chi connectivity index (χ0v) is 18.6. The fraction of sp³-hybridized carbons (Fsp3) is 0.571. The van der Waals surface area contributed by atoms with E-state index >= 15 is 0 Å². The van der Waals surface area contributed by atoms with Crippen molar-refractivity contribution in [2.24, 2.45) is 4.99 Å². The topological polar surface area (TPSA) is 113 Å². The van der Waals surface area contributed by atoms with Crippen LogP contribution in [0.1, 0.15) is 33.3 Å². The van der Waals surface area contributed by atoms with Gasteiger partial charge in [-0.1, -0.05) is 12.1 Å². The molecule has 0 aliphatic heterocycles. The van der Waals surface area contributed by atoms with Gasteiger partial charge in [-0.05, 0) is 51.8 Å². The third-order valence-corrected chi connectivity index (χ3v) is 3.66. The Balaban J connectivity index is 2.44. The monoisotopic (exact) mass is 421 g/mol. The molecule has 1 aromatic rings. The molecule has 0 bridgehead atoms. The number of methoxy groups -OCH3 is 1. The normalized spacial score (nSPS) is 11.6. The highest BCUT2D eigenvalue weighted by atomic mass is 16.6. The number of anilines is 1. The highest BCUT2D eigenvalue weighted by Crippen LogP contribution is 2.13. The van der Waals surface area contributed by atoms with Crippen LogP contribution in [0.2, 0.25) is 0 Å². The maximum atomic E-state index is 11.8. The number of aliphatic imine (C=N–C) groups is 1. The molecular formula is C21H35N5O4. The Hall–Kier alpha value is -2.81. The van der Waals surface area contributed by atoms with Gasteiger partial charge in [0.15, 0.2) is 5.96 Å². The number of guanidine groups is 1. The summed E-state index contributed by atoms with van der Waals surface area (Å²) >= 11 is 0. The molecule has 0 heterocycles. The third-order valence-electron chi connectivity index (χ3n) is 3.66. The number of ether oxygens (including phenoxy) is 2. The Kier molecular flexibility index (Phi) is 11.3. The molecule has 0 spiro atoms. The molecule has 0 fully saturated rings. The molecule has 2 amide bonds. The van der Waals surface area contributed by atoms with Crippen LogP contribution in [0, 0.1) is 0 Å². The van der Waals surface area contributed by atoms with Crippen LogP contribution in [0.15, 0.2) is 29.3 Å². The first-order valence-electron chi connectivity index (χ1n) is 10.1. The summed E-state index contributed by atoms with van der Waals surface area (Å²) in [6, 6.07) is 7.56. The van der Waals surface area contributed by atoms with Crippen molar-refractivity contribution in [1.82, 2.24) is 16.0 Å². The van der Waals surface area contributed by atoms with E-state index < -0.39 is 11.7 Å². The number of hydrogen-bond donors (Lipinski definition) is 4. The molecule has 30 heavy (non-hydrogen) atoms. The van der Waals surface area contributed by atoms with Crippen molar-refractivity contribution in [3.8, 4) is 0 Å². The molecule has 1 rings (SSSR count). The lowest BCUT2D eigenvalue weighted by Crippen LogP contribution is -2.39. The van der Waals surface area contributed by atoms with Crippen LogP contribution in [0.25, 0.3) is 0 Å². The molecule has 9 nitrogen and oxygen atoms in total. The Morgan fingerprint density at radius 3 is 2.33 bits per heavy atom. The van der Waals surface area contributed by atoms with E-state index in [1.807, 2.05) is 52.0 Å². The fourth-order valence-electron chi connectivity index (χ4n) is 2.34. The molecular weight excluding hydrogens is 386 g/mol. The van der Waals surface area contributed by atoms with Gasteiger partial charge >= 0.3 is 6.09 Å². The summed E-state index contributed by atoms with van der Waals surface area (Å²) in [5.74, 6) is 0.430. The third kappa shape index (κ3) is 11.9. The van der Waals surface area contributed by atoms with Gasteiger partial charge in [0.1, 0.15) is 12.1 Å². The largest absolute Gasteiger partial charge is 0.444 e. The molecule has 1 aromatic carbocycles. The number of carbonyl (C=O) groups excluding carboxylic acids is 2. The van der Waals surface area contributed by atoms with E-state index in [0.717, 1.165) is 12.0 Å². The van der Waals surface area contributed by atoms with Gasteiger partial charge in [0.2, 0.25) is 5.91 Å². The SMILES string of the molecule is CCNC(=NCC(=O)NCCOC)NCCc1ccc(NC(=O)OC(C)(C)C)cc1. The first kappa shape index (κ1) is 25.2. The van der Waals surface area contributed by atoms with E-state index in [4.69, 9.17) is 9.47 Å². The molecule has 0 aliphatic rings. The predicted octanol–water partition coefficient (Wildman–Crippen LogP) is 1.89. The highest BCUT2D eigenvalue weighted by Gasteiger charge is 2.16.